The lowest BCUT2D eigenvalue weighted by molar-refractivity contribution is -0.134. The molecule has 1 aromatic heterocycles. The van der Waals surface area contributed by atoms with Crippen molar-refractivity contribution in [1.29, 1.82) is 0 Å². The number of nitrogens with two attached hydrogens (primary N) is 1. The molecule has 0 aromatic carbocycles. The van der Waals surface area contributed by atoms with Gasteiger partial charge in [-0.2, -0.15) is 0 Å². The zero-order chi connectivity index (χ0) is 9.14. The Morgan fingerprint density at radius 1 is 1.67 bits per heavy atom. The summed E-state index contributed by atoms with van der Waals surface area (Å²) in [6.45, 7) is 1.66. The van der Waals surface area contributed by atoms with E-state index in [0.717, 1.165) is 0 Å². The Balaban J connectivity index is 2.64. The molecular weight excluding hydrogens is 162 g/mol. The molecule has 0 saturated carbocycles. The molecule has 64 valence electrons. The fourth-order valence-corrected chi connectivity index (χ4v) is 0.603. The van der Waals surface area contributed by atoms with Crippen LogP contribution < -0.4 is 11.1 Å². The van der Waals surface area contributed by atoms with E-state index in [9.17, 15) is 9.59 Å². The standard InChI is InChI=1S/C6H7N3O3/c1-3-2-4(9-12-3)8-6(11)5(7)10/h2H,1H3,(H2,7,10)(H,8,9,11). The minimum absolute atomic E-state index is 0.177. The fraction of sp³-hybridized carbons (Fsp3) is 0.167. The van der Waals surface area contributed by atoms with E-state index in [1.54, 1.807) is 6.92 Å². The number of nitrogens with one attached hydrogen (secondary N) is 1. The van der Waals surface area contributed by atoms with Crippen LogP contribution in [0.15, 0.2) is 10.6 Å². The predicted octanol–water partition coefficient (Wildman–Crippen LogP) is -0.593. The summed E-state index contributed by atoms with van der Waals surface area (Å²) < 4.78 is 4.63. The molecule has 0 fully saturated rings. The van der Waals surface area contributed by atoms with Gasteiger partial charge in [-0.1, -0.05) is 5.16 Å². The van der Waals surface area contributed by atoms with E-state index in [2.05, 4.69) is 20.7 Å². The van der Waals surface area contributed by atoms with E-state index in [-0.39, 0.29) is 5.82 Å². The number of amides is 2. The molecule has 0 saturated heterocycles. The quantitative estimate of drug-likeness (QED) is 0.548. The molecule has 0 aliphatic carbocycles. The summed E-state index contributed by atoms with van der Waals surface area (Å²) in [6.07, 6.45) is 0. The second-order valence-electron chi connectivity index (χ2n) is 2.14. The lowest BCUT2D eigenvalue weighted by Gasteiger charge is -1.93. The number of rotatable bonds is 1. The van der Waals surface area contributed by atoms with Crippen LogP contribution >= 0.6 is 0 Å². The molecule has 1 aromatic rings. The highest BCUT2D eigenvalue weighted by atomic mass is 16.5. The smallest absolute Gasteiger partial charge is 0.314 e. The van der Waals surface area contributed by atoms with Gasteiger partial charge >= 0.3 is 11.8 Å². The van der Waals surface area contributed by atoms with Crippen LogP contribution in [0.1, 0.15) is 5.76 Å². The molecule has 0 unspecified atom stereocenters. The molecule has 12 heavy (non-hydrogen) atoms. The third-order valence-corrected chi connectivity index (χ3v) is 1.09. The van der Waals surface area contributed by atoms with E-state index < -0.39 is 11.8 Å². The van der Waals surface area contributed by atoms with Crippen molar-refractivity contribution in [3.8, 4) is 0 Å². The van der Waals surface area contributed by atoms with Gasteiger partial charge < -0.3 is 10.3 Å². The SMILES string of the molecule is Cc1cc(NC(=O)C(N)=O)no1. The monoisotopic (exact) mass is 169 g/mol. The summed E-state index contributed by atoms with van der Waals surface area (Å²) in [5.41, 5.74) is 4.68. The Hall–Kier alpha value is -1.85. The molecule has 3 N–H and O–H groups in total. The van der Waals surface area contributed by atoms with Gasteiger partial charge in [0.1, 0.15) is 5.76 Å². The van der Waals surface area contributed by atoms with Crippen molar-refractivity contribution in [2.45, 2.75) is 6.92 Å². The molecule has 1 rings (SSSR count). The first-order valence-electron chi connectivity index (χ1n) is 3.13. The van der Waals surface area contributed by atoms with Gasteiger partial charge in [0.05, 0.1) is 0 Å². The Bertz CT molecular complexity index is 318. The van der Waals surface area contributed by atoms with Gasteiger partial charge in [-0.15, -0.1) is 0 Å². The Morgan fingerprint density at radius 3 is 2.75 bits per heavy atom. The fourth-order valence-electron chi connectivity index (χ4n) is 0.603. The maximum Gasteiger partial charge on any atom is 0.314 e. The van der Waals surface area contributed by atoms with Crippen LogP contribution in [-0.4, -0.2) is 17.0 Å². The molecule has 0 atom stereocenters. The number of nitrogens with zero attached hydrogens (tertiary/aromatic N) is 1. The summed E-state index contributed by atoms with van der Waals surface area (Å²) in [4.78, 5) is 20.9. The molecule has 2 amide bonds. The van der Waals surface area contributed by atoms with E-state index >= 15 is 0 Å². The highest BCUT2D eigenvalue weighted by Gasteiger charge is 2.10. The van der Waals surface area contributed by atoms with Crippen LogP contribution in [0, 0.1) is 6.92 Å². The van der Waals surface area contributed by atoms with Crippen LogP contribution in [0.25, 0.3) is 0 Å². The van der Waals surface area contributed by atoms with E-state index in [0.29, 0.717) is 5.76 Å². The molecule has 1 heterocycles. The normalized spacial score (nSPS) is 9.42. The first-order valence-corrected chi connectivity index (χ1v) is 3.13. The lowest BCUT2D eigenvalue weighted by Crippen LogP contribution is -2.29. The Morgan fingerprint density at radius 2 is 2.33 bits per heavy atom. The van der Waals surface area contributed by atoms with Gasteiger partial charge in [-0.3, -0.25) is 14.9 Å². The summed E-state index contributed by atoms with van der Waals surface area (Å²) >= 11 is 0. The first-order chi connectivity index (χ1) is 5.59. The number of primary amides is 1. The van der Waals surface area contributed by atoms with Gasteiger partial charge in [-0.25, -0.2) is 0 Å². The van der Waals surface area contributed by atoms with Crippen LogP contribution in [0.5, 0.6) is 0 Å². The Labute approximate surface area is 67.7 Å². The number of carbonyl (C=O) groups excluding carboxylic acids is 2. The highest BCUT2D eigenvalue weighted by Crippen LogP contribution is 2.05. The highest BCUT2D eigenvalue weighted by molar-refractivity contribution is 6.38. The zero-order valence-electron chi connectivity index (χ0n) is 6.33. The van der Waals surface area contributed by atoms with Crippen molar-refractivity contribution in [3.05, 3.63) is 11.8 Å². The Kier molecular flexibility index (Phi) is 2.09. The van der Waals surface area contributed by atoms with Crippen LogP contribution in [0.2, 0.25) is 0 Å². The zero-order valence-corrected chi connectivity index (χ0v) is 6.33. The molecule has 0 bridgehead atoms. The van der Waals surface area contributed by atoms with E-state index in [4.69, 9.17) is 0 Å². The van der Waals surface area contributed by atoms with Crippen molar-refractivity contribution in [2.75, 3.05) is 5.32 Å². The number of aryl methyl sites for hydroxylation is 1. The summed E-state index contributed by atoms with van der Waals surface area (Å²) in [6, 6.07) is 1.47. The van der Waals surface area contributed by atoms with Crippen molar-refractivity contribution in [3.63, 3.8) is 0 Å². The summed E-state index contributed by atoms with van der Waals surface area (Å²) in [5, 5.41) is 5.57. The maximum absolute atomic E-state index is 10.7. The van der Waals surface area contributed by atoms with Gasteiger partial charge in [0.25, 0.3) is 0 Å². The minimum Gasteiger partial charge on any atom is -0.361 e. The van der Waals surface area contributed by atoms with Crippen molar-refractivity contribution in [2.24, 2.45) is 5.73 Å². The lowest BCUT2D eigenvalue weighted by atomic mass is 10.5. The van der Waals surface area contributed by atoms with Gasteiger partial charge in [0.2, 0.25) is 0 Å². The summed E-state index contributed by atoms with van der Waals surface area (Å²) in [5.74, 6) is -1.26. The van der Waals surface area contributed by atoms with Crippen LogP contribution in [0.3, 0.4) is 0 Å². The largest absolute Gasteiger partial charge is 0.361 e. The van der Waals surface area contributed by atoms with Gasteiger partial charge in [0, 0.05) is 6.07 Å². The van der Waals surface area contributed by atoms with Crippen molar-refractivity contribution >= 4 is 17.6 Å². The van der Waals surface area contributed by atoms with Gasteiger partial charge in [0.15, 0.2) is 5.82 Å². The second-order valence-corrected chi connectivity index (χ2v) is 2.14. The average Bonchev–Trinajstić information content (AvgIpc) is 2.35. The summed E-state index contributed by atoms with van der Waals surface area (Å²) in [7, 11) is 0. The third kappa shape index (κ3) is 1.82. The van der Waals surface area contributed by atoms with E-state index in [1.807, 2.05) is 0 Å². The van der Waals surface area contributed by atoms with Crippen LogP contribution in [0.4, 0.5) is 5.82 Å². The van der Waals surface area contributed by atoms with Crippen LogP contribution in [-0.2, 0) is 9.59 Å². The topological polar surface area (TPSA) is 98.2 Å². The molecule has 0 spiro atoms. The first kappa shape index (κ1) is 8.25. The average molecular weight is 169 g/mol. The molecular formula is C6H7N3O3. The van der Waals surface area contributed by atoms with Crippen molar-refractivity contribution in [1.82, 2.24) is 5.16 Å². The molecule has 6 heteroatoms. The second kappa shape index (κ2) is 3.04. The molecule has 0 radical (unpaired) electrons. The number of carbonyl (C=O) groups is 2. The predicted molar refractivity (Wildman–Crippen MR) is 39.1 cm³/mol. The molecule has 0 aliphatic heterocycles. The molecule has 6 nitrogen and oxygen atoms in total. The number of anilines is 1. The molecule has 0 aliphatic rings. The van der Waals surface area contributed by atoms with E-state index in [1.165, 1.54) is 6.07 Å². The third-order valence-electron chi connectivity index (χ3n) is 1.09. The maximum atomic E-state index is 10.7. The number of hydrogen-bond donors (Lipinski definition) is 2. The van der Waals surface area contributed by atoms with Crippen molar-refractivity contribution < 1.29 is 14.1 Å². The number of hydrogen-bond acceptors (Lipinski definition) is 4. The van der Waals surface area contributed by atoms with Gasteiger partial charge in [-0.05, 0) is 6.92 Å². The number of aromatic nitrogens is 1. The minimum atomic E-state index is -1.06.